The number of furan rings is 1. The van der Waals surface area contributed by atoms with Gasteiger partial charge in [0.05, 0.1) is 19.3 Å². The fourth-order valence-corrected chi connectivity index (χ4v) is 2.59. The molecule has 1 aliphatic heterocycles. The van der Waals surface area contributed by atoms with Crippen LogP contribution in [0.25, 0.3) is 0 Å². The van der Waals surface area contributed by atoms with Crippen molar-refractivity contribution in [1.82, 2.24) is 5.32 Å². The summed E-state index contributed by atoms with van der Waals surface area (Å²) in [5, 5.41) is 3.48. The topological polar surface area (TPSA) is 43.6 Å². The lowest BCUT2D eigenvalue weighted by molar-refractivity contribution is -0.0473. The van der Waals surface area contributed by atoms with E-state index in [1.165, 1.54) is 31.2 Å². The van der Waals surface area contributed by atoms with E-state index in [0.29, 0.717) is 19.3 Å². The van der Waals surface area contributed by atoms with Crippen molar-refractivity contribution < 1.29 is 13.9 Å². The molecule has 2 fully saturated rings. The van der Waals surface area contributed by atoms with Gasteiger partial charge >= 0.3 is 0 Å². The van der Waals surface area contributed by atoms with Crippen molar-refractivity contribution in [3.05, 3.63) is 23.2 Å². The molecule has 0 bridgehead atoms. The summed E-state index contributed by atoms with van der Waals surface area (Å²) in [4.78, 5) is 0. The number of ether oxygens (including phenoxy) is 2. The zero-order chi connectivity index (χ0) is 13.8. The molecule has 3 rings (SSSR count). The number of aryl methyl sites for hydroxylation is 1. The third kappa shape index (κ3) is 4.08. The zero-order valence-electron chi connectivity index (χ0n) is 12.3. The van der Waals surface area contributed by atoms with Crippen molar-refractivity contribution in [2.45, 2.75) is 64.3 Å². The van der Waals surface area contributed by atoms with Crippen LogP contribution in [0.1, 0.15) is 49.2 Å². The first-order chi connectivity index (χ1) is 9.81. The normalized spacial score (nSPS) is 23.1. The average Bonchev–Trinajstić information content (AvgIpc) is 3.22. The van der Waals surface area contributed by atoms with E-state index in [1.807, 2.05) is 0 Å². The lowest BCUT2D eigenvalue weighted by atomic mass is 10.1. The highest BCUT2D eigenvalue weighted by molar-refractivity contribution is 5.19. The molecule has 1 aliphatic carbocycles. The number of hydrogen-bond acceptors (Lipinski definition) is 4. The molecule has 4 heteroatoms. The third-order valence-electron chi connectivity index (χ3n) is 4.02. The molecule has 4 nitrogen and oxygen atoms in total. The Balaban J connectivity index is 1.41. The Kier molecular flexibility index (Phi) is 4.76. The van der Waals surface area contributed by atoms with Gasteiger partial charge in [0.15, 0.2) is 0 Å². The van der Waals surface area contributed by atoms with Crippen LogP contribution in [0.2, 0.25) is 0 Å². The van der Waals surface area contributed by atoms with Crippen molar-refractivity contribution in [1.29, 1.82) is 0 Å². The van der Waals surface area contributed by atoms with Gasteiger partial charge in [-0.1, -0.05) is 0 Å². The molecule has 112 valence electrons. The van der Waals surface area contributed by atoms with Crippen molar-refractivity contribution in [3.63, 3.8) is 0 Å². The first-order valence-corrected chi connectivity index (χ1v) is 7.82. The van der Waals surface area contributed by atoms with E-state index < -0.39 is 0 Å². The highest BCUT2D eigenvalue weighted by Crippen LogP contribution is 2.21. The van der Waals surface area contributed by atoms with Gasteiger partial charge in [0, 0.05) is 12.6 Å². The maximum atomic E-state index is 5.85. The Morgan fingerprint density at radius 1 is 1.30 bits per heavy atom. The van der Waals surface area contributed by atoms with Gasteiger partial charge in [-0.3, -0.25) is 0 Å². The van der Waals surface area contributed by atoms with E-state index in [0.717, 1.165) is 31.1 Å². The summed E-state index contributed by atoms with van der Waals surface area (Å²) in [6.07, 6.45) is 6.44. The van der Waals surface area contributed by atoms with Crippen LogP contribution in [0.15, 0.2) is 10.5 Å². The molecular formula is C16H25NO3. The molecular weight excluding hydrogens is 254 g/mol. The smallest absolute Gasteiger partial charge is 0.130 e. The predicted octanol–water partition coefficient (Wildman–Crippen LogP) is 2.93. The van der Waals surface area contributed by atoms with Crippen molar-refractivity contribution in [3.8, 4) is 0 Å². The van der Waals surface area contributed by atoms with Gasteiger partial charge in [-0.05, 0) is 50.7 Å². The molecule has 1 aromatic heterocycles. The first-order valence-electron chi connectivity index (χ1n) is 7.82. The molecule has 0 spiro atoms. The number of rotatable bonds is 7. The quantitative estimate of drug-likeness (QED) is 0.833. The van der Waals surface area contributed by atoms with E-state index >= 15 is 0 Å². The Labute approximate surface area is 120 Å². The van der Waals surface area contributed by atoms with Crippen molar-refractivity contribution in [2.24, 2.45) is 0 Å². The van der Waals surface area contributed by atoms with Crippen LogP contribution in [0.4, 0.5) is 0 Å². The van der Waals surface area contributed by atoms with Gasteiger partial charge in [0.25, 0.3) is 0 Å². The molecule has 1 saturated carbocycles. The number of nitrogens with one attached hydrogen (secondary N) is 1. The summed E-state index contributed by atoms with van der Waals surface area (Å²) in [5.74, 6) is 1.97. The average molecular weight is 279 g/mol. The minimum absolute atomic E-state index is 0.274. The maximum Gasteiger partial charge on any atom is 0.130 e. The molecule has 0 radical (unpaired) electrons. The summed E-state index contributed by atoms with van der Waals surface area (Å²) >= 11 is 0. The highest BCUT2D eigenvalue weighted by Gasteiger charge is 2.21. The molecule has 20 heavy (non-hydrogen) atoms. The molecule has 1 aromatic rings. The lowest BCUT2D eigenvalue weighted by Gasteiger charge is -2.22. The van der Waals surface area contributed by atoms with Gasteiger partial charge in [0.1, 0.15) is 18.1 Å². The van der Waals surface area contributed by atoms with E-state index in [2.05, 4.69) is 18.3 Å². The van der Waals surface area contributed by atoms with E-state index in [1.54, 1.807) is 0 Å². The second kappa shape index (κ2) is 6.74. The zero-order valence-corrected chi connectivity index (χ0v) is 12.3. The van der Waals surface area contributed by atoms with Crippen molar-refractivity contribution >= 4 is 0 Å². The second-order valence-corrected chi connectivity index (χ2v) is 5.98. The largest absolute Gasteiger partial charge is 0.462 e. The lowest BCUT2D eigenvalue weighted by Crippen LogP contribution is -2.24. The summed E-state index contributed by atoms with van der Waals surface area (Å²) in [6, 6.07) is 2.80. The summed E-state index contributed by atoms with van der Waals surface area (Å²) < 4.78 is 17.2. The standard InChI is InChI=1S/C16H25NO3/c1-12-8-15(20-16(12)9-17-13-5-6-13)11-18-10-14-4-2-3-7-19-14/h8,13-14,17H,2-7,9-11H2,1H3. The molecule has 1 unspecified atom stereocenters. The fraction of sp³-hybridized carbons (Fsp3) is 0.750. The SMILES string of the molecule is Cc1cc(COCC2CCCCO2)oc1CNC1CC1. The van der Waals surface area contributed by atoms with Gasteiger partial charge in [-0.15, -0.1) is 0 Å². The Hall–Kier alpha value is -0.840. The van der Waals surface area contributed by atoms with Crippen LogP contribution in [-0.4, -0.2) is 25.4 Å². The third-order valence-corrected chi connectivity index (χ3v) is 4.02. The van der Waals surface area contributed by atoms with Gasteiger partial charge < -0.3 is 19.2 Å². The molecule has 0 amide bonds. The van der Waals surface area contributed by atoms with Gasteiger partial charge in [0.2, 0.25) is 0 Å². The van der Waals surface area contributed by atoms with Crippen LogP contribution in [0.3, 0.4) is 0 Å². The van der Waals surface area contributed by atoms with Crippen LogP contribution in [0, 0.1) is 6.92 Å². The fourth-order valence-electron chi connectivity index (χ4n) is 2.59. The van der Waals surface area contributed by atoms with Crippen LogP contribution < -0.4 is 5.32 Å². The predicted molar refractivity (Wildman–Crippen MR) is 76.6 cm³/mol. The summed E-state index contributed by atoms with van der Waals surface area (Å²) in [6.45, 7) is 5.04. The van der Waals surface area contributed by atoms with E-state index in [9.17, 15) is 0 Å². The van der Waals surface area contributed by atoms with Gasteiger partial charge in [-0.25, -0.2) is 0 Å². The molecule has 1 atom stereocenters. The van der Waals surface area contributed by atoms with Crippen LogP contribution in [0.5, 0.6) is 0 Å². The molecule has 1 saturated heterocycles. The minimum Gasteiger partial charge on any atom is -0.462 e. The highest BCUT2D eigenvalue weighted by atomic mass is 16.5. The maximum absolute atomic E-state index is 5.85. The number of hydrogen-bond donors (Lipinski definition) is 1. The van der Waals surface area contributed by atoms with Crippen LogP contribution >= 0.6 is 0 Å². The monoisotopic (exact) mass is 279 g/mol. The van der Waals surface area contributed by atoms with Crippen molar-refractivity contribution in [2.75, 3.05) is 13.2 Å². The summed E-state index contributed by atoms with van der Waals surface area (Å²) in [5.41, 5.74) is 1.21. The minimum atomic E-state index is 0.274. The molecule has 2 heterocycles. The Morgan fingerprint density at radius 3 is 2.95 bits per heavy atom. The van der Waals surface area contributed by atoms with Crippen LogP contribution in [-0.2, 0) is 22.6 Å². The molecule has 0 aromatic carbocycles. The second-order valence-electron chi connectivity index (χ2n) is 5.98. The van der Waals surface area contributed by atoms with E-state index in [-0.39, 0.29) is 6.10 Å². The molecule has 2 aliphatic rings. The van der Waals surface area contributed by atoms with Gasteiger partial charge in [-0.2, -0.15) is 0 Å². The summed E-state index contributed by atoms with van der Waals surface area (Å²) in [7, 11) is 0. The van der Waals surface area contributed by atoms with E-state index in [4.69, 9.17) is 13.9 Å². The first kappa shape index (κ1) is 14.1. The Morgan fingerprint density at radius 2 is 2.20 bits per heavy atom. The molecule has 1 N–H and O–H groups in total. The Bertz CT molecular complexity index is 419.